The predicted octanol–water partition coefficient (Wildman–Crippen LogP) is 14.8. The van der Waals surface area contributed by atoms with Gasteiger partial charge in [-0.3, -0.25) is 4.40 Å². The van der Waals surface area contributed by atoms with Crippen LogP contribution in [0.4, 0.5) is 17.1 Å². The molecule has 3 heteroatoms. The lowest BCUT2D eigenvalue weighted by molar-refractivity contribution is 0.794. The van der Waals surface area contributed by atoms with E-state index in [1.165, 1.54) is 66.4 Å². The molecular formula is C58H37N3. The summed E-state index contributed by atoms with van der Waals surface area (Å²) in [7, 11) is 0. The second-order valence-electron chi connectivity index (χ2n) is 16.3. The first kappa shape index (κ1) is 33.9. The van der Waals surface area contributed by atoms with Gasteiger partial charge in [0.2, 0.25) is 0 Å². The molecule has 0 N–H and O–H groups in total. The highest BCUT2D eigenvalue weighted by Crippen LogP contribution is 2.64. The zero-order chi connectivity index (χ0) is 40.1. The van der Waals surface area contributed by atoms with Crippen molar-refractivity contribution in [1.82, 2.24) is 9.38 Å². The van der Waals surface area contributed by atoms with E-state index in [2.05, 4.69) is 228 Å². The second kappa shape index (κ2) is 13.0. The number of imidazole rings is 1. The zero-order valence-corrected chi connectivity index (χ0v) is 33.2. The third-order valence-corrected chi connectivity index (χ3v) is 13.2. The molecule has 1 spiro atoms. The third kappa shape index (κ3) is 4.72. The van der Waals surface area contributed by atoms with Crippen LogP contribution in [0.15, 0.2) is 225 Å². The van der Waals surface area contributed by atoms with Crippen molar-refractivity contribution >= 4 is 44.4 Å². The maximum absolute atomic E-state index is 5.04. The van der Waals surface area contributed by atoms with Crippen LogP contribution in [0.3, 0.4) is 0 Å². The highest BCUT2D eigenvalue weighted by molar-refractivity contribution is 6.12. The molecule has 3 nitrogen and oxygen atoms in total. The lowest BCUT2D eigenvalue weighted by atomic mass is 9.70. The molecule has 284 valence electrons. The van der Waals surface area contributed by atoms with E-state index >= 15 is 0 Å². The topological polar surface area (TPSA) is 20.5 Å². The number of aromatic nitrogens is 2. The summed E-state index contributed by atoms with van der Waals surface area (Å²) in [5.41, 5.74) is 20.0. The average Bonchev–Trinajstić information content (AvgIpc) is 4.01. The summed E-state index contributed by atoms with van der Waals surface area (Å²) >= 11 is 0. The van der Waals surface area contributed by atoms with Gasteiger partial charge in [-0.15, -0.1) is 0 Å². The molecule has 0 saturated carbocycles. The Hall–Kier alpha value is -8.01. The first-order valence-corrected chi connectivity index (χ1v) is 21.0. The molecule has 0 saturated heterocycles. The van der Waals surface area contributed by atoms with E-state index in [0.717, 1.165) is 44.9 Å². The summed E-state index contributed by atoms with van der Waals surface area (Å²) in [6, 6.07) is 80.1. The summed E-state index contributed by atoms with van der Waals surface area (Å²) in [5, 5.41) is 3.58. The van der Waals surface area contributed by atoms with Crippen LogP contribution in [-0.4, -0.2) is 9.38 Å². The number of hydrogen-bond donors (Lipinski definition) is 0. The Kier molecular flexibility index (Phi) is 7.22. The molecule has 11 aromatic rings. The third-order valence-electron chi connectivity index (χ3n) is 13.2. The molecule has 0 fully saturated rings. The quantitative estimate of drug-likeness (QED) is 0.162. The van der Waals surface area contributed by atoms with Gasteiger partial charge in [-0.2, -0.15) is 0 Å². The number of fused-ring (bicyclic) bond motifs is 16. The highest BCUT2D eigenvalue weighted by Gasteiger charge is 2.52. The number of pyridine rings is 1. The van der Waals surface area contributed by atoms with Gasteiger partial charge in [-0.05, 0) is 91.9 Å². The Morgan fingerprint density at radius 3 is 1.72 bits per heavy atom. The Morgan fingerprint density at radius 1 is 0.393 bits per heavy atom. The van der Waals surface area contributed by atoms with Crippen LogP contribution in [0.5, 0.6) is 0 Å². The zero-order valence-electron chi connectivity index (χ0n) is 33.2. The standard InChI is InChI=1S/C58H37N3/c1-2-16-38(17-3-1)40-18-14-19-42(36-40)60(41-34-32-39(33-35-41)55-37-59-57-47-24-5-4-20-43(47)46-23-9-13-30-53(46)61(55)57)54-31-15-29-52-56(54)48-25-8-12-28-51(48)58(52)49-26-10-6-21-44(49)45-22-7-11-27-50(45)58/h1-37H. The van der Waals surface area contributed by atoms with Crippen molar-refractivity contribution in [1.29, 1.82) is 0 Å². The molecule has 2 heterocycles. The predicted molar refractivity (Wildman–Crippen MR) is 252 cm³/mol. The van der Waals surface area contributed by atoms with Crippen molar-refractivity contribution in [3.05, 3.63) is 247 Å². The summed E-state index contributed by atoms with van der Waals surface area (Å²) < 4.78 is 2.32. The summed E-state index contributed by atoms with van der Waals surface area (Å²) in [6.45, 7) is 0. The van der Waals surface area contributed by atoms with Gasteiger partial charge in [0.15, 0.2) is 0 Å². The van der Waals surface area contributed by atoms with Crippen LogP contribution < -0.4 is 4.90 Å². The summed E-state index contributed by atoms with van der Waals surface area (Å²) in [4.78, 5) is 7.51. The van der Waals surface area contributed by atoms with Crippen LogP contribution in [0, 0.1) is 0 Å². The van der Waals surface area contributed by atoms with Gasteiger partial charge < -0.3 is 4.90 Å². The number of hydrogen-bond acceptors (Lipinski definition) is 2. The van der Waals surface area contributed by atoms with E-state index in [1.54, 1.807) is 0 Å². The van der Waals surface area contributed by atoms with Crippen molar-refractivity contribution in [3.8, 4) is 44.6 Å². The van der Waals surface area contributed by atoms with Gasteiger partial charge in [-0.1, -0.05) is 182 Å². The minimum Gasteiger partial charge on any atom is -0.310 e. The maximum Gasteiger partial charge on any atom is 0.145 e. The van der Waals surface area contributed by atoms with Crippen LogP contribution in [0.1, 0.15) is 22.3 Å². The Balaban J connectivity index is 1.04. The minimum absolute atomic E-state index is 0.438. The van der Waals surface area contributed by atoms with Crippen molar-refractivity contribution < 1.29 is 0 Å². The highest BCUT2D eigenvalue weighted by atomic mass is 15.1. The molecule has 0 atom stereocenters. The molecule has 9 aromatic carbocycles. The number of para-hydroxylation sites is 1. The van der Waals surface area contributed by atoms with Crippen molar-refractivity contribution in [2.24, 2.45) is 0 Å². The average molecular weight is 776 g/mol. The van der Waals surface area contributed by atoms with E-state index < -0.39 is 5.41 Å². The number of nitrogens with zero attached hydrogens (tertiary/aromatic N) is 3. The molecule has 0 aliphatic heterocycles. The number of rotatable bonds is 5. The van der Waals surface area contributed by atoms with E-state index in [-0.39, 0.29) is 0 Å². The second-order valence-corrected chi connectivity index (χ2v) is 16.3. The Morgan fingerprint density at radius 2 is 0.967 bits per heavy atom. The summed E-state index contributed by atoms with van der Waals surface area (Å²) in [6.07, 6.45) is 2.03. The minimum atomic E-state index is -0.438. The van der Waals surface area contributed by atoms with E-state index in [1.807, 2.05) is 6.20 Å². The summed E-state index contributed by atoms with van der Waals surface area (Å²) in [5.74, 6) is 0. The van der Waals surface area contributed by atoms with E-state index in [9.17, 15) is 0 Å². The lowest BCUT2D eigenvalue weighted by Gasteiger charge is -2.32. The number of anilines is 3. The fourth-order valence-corrected chi connectivity index (χ4v) is 10.8. The van der Waals surface area contributed by atoms with E-state index in [4.69, 9.17) is 4.98 Å². The smallest absolute Gasteiger partial charge is 0.145 e. The lowest BCUT2D eigenvalue weighted by Crippen LogP contribution is -2.26. The fourth-order valence-electron chi connectivity index (χ4n) is 10.8. The monoisotopic (exact) mass is 775 g/mol. The molecule has 2 aromatic heterocycles. The van der Waals surface area contributed by atoms with Gasteiger partial charge >= 0.3 is 0 Å². The van der Waals surface area contributed by atoms with Crippen molar-refractivity contribution in [2.45, 2.75) is 5.41 Å². The van der Waals surface area contributed by atoms with Gasteiger partial charge in [0.05, 0.1) is 28.5 Å². The van der Waals surface area contributed by atoms with Crippen molar-refractivity contribution in [2.75, 3.05) is 4.90 Å². The van der Waals surface area contributed by atoms with Crippen LogP contribution in [0.2, 0.25) is 0 Å². The molecule has 0 radical (unpaired) electrons. The van der Waals surface area contributed by atoms with Crippen LogP contribution in [0.25, 0.3) is 72.0 Å². The molecular weight excluding hydrogens is 739 g/mol. The number of benzene rings is 9. The van der Waals surface area contributed by atoms with Crippen molar-refractivity contribution in [3.63, 3.8) is 0 Å². The molecule has 61 heavy (non-hydrogen) atoms. The largest absolute Gasteiger partial charge is 0.310 e. The first-order chi connectivity index (χ1) is 30.3. The molecule has 0 bridgehead atoms. The molecule has 2 aliphatic carbocycles. The maximum atomic E-state index is 5.04. The Bertz CT molecular complexity index is 3500. The Labute approximate surface area is 354 Å². The van der Waals surface area contributed by atoms with Gasteiger partial charge in [-0.25, -0.2) is 4.98 Å². The van der Waals surface area contributed by atoms with E-state index in [0.29, 0.717) is 0 Å². The first-order valence-electron chi connectivity index (χ1n) is 21.0. The fraction of sp³-hybridized carbons (Fsp3) is 0.0172. The van der Waals surface area contributed by atoms with Gasteiger partial charge in [0.1, 0.15) is 5.65 Å². The molecule has 0 unspecified atom stereocenters. The molecule has 13 rings (SSSR count). The van der Waals surface area contributed by atoms with Crippen LogP contribution >= 0.6 is 0 Å². The van der Waals surface area contributed by atoms with Crippen LogP contribution in [-0.2, 0) is 5.41 Å². The molecule has 0 amide bonds. The van der Waals surface area contributed by atoms with Gasteiger partial charge in [0, 0.05) is 33.3 Å². The normalized spacial score (nSPS) is 13.0. The molecule has 2 aliphatic rings. The van der Waals surface area contributed by atoms with Gasteiger partial charge in [0.25, 0.3) is 0 Å². The SMILES string of the molecule is c1ccc(-c2cccc(N(c3ccc(-c4cnc5c6ccccc6c6ccccc6n45)cc3)c3cccc4c3-c3ccccc3C43c4ccccc4-c4ccccc43)c2)cc1.